The first kappa shape index (κ1) is 19.4. The highest BCUT2D eigenvalue weighted by atomic mass is 32.1. The summed E-state index contributed by atoms with van der Waals surface area (Å²) in [5, 5.41) is 4.61. The van der Waals surface area contributed by atoms with E-state index in [-0.39, 0.29) is 30.3 Å². The van der Waals surface area contributed by atoms with Gasteiger partial charge in [0, 0.05) is 12.6 Å². The third kappa shape index (κ3) is 4.86. The lowest BCUT2D eigenvalue weighted by molar-refractivity contribution is -0.138. The van der Waals surface area contributed by atoms with Crippen LogP contribution in [0.5, 0.6) is 0 Å². The van der Waals surface area contributed by atoms with Gasteiger partial charge in [0.15, 0.2) is 0 Å². The molecular weight excluding hydrogens is 379 g/mol. The second-order valence-corrected chi connectivity index (χ2v) is 7.28. The van der Waals surface area contributed by atoms with E-state index in [4.69, 9.17) is 5.73 Å². The molecule has 0 unspecified atom stereocenters. The molecule has 27 heavy (non-hydrogen) atoms. The number of hydrogen-bond donors (Lipinski definition) is 2. The van der Waals surface area contributed by atoms with E-state index >= 15 is 0 Å². The average Bonchev–Trinajstić information content (AvgIpc) is 3.33. The minimum absolute atomic E-state index is 0.0287. The van der Waals surface area contributed by atoms with E-state index < -0.39 is 23.6 Å². The van der Waals surface area contributed by atoms with Crippen molar-refractivity contribution in [3.05, 3.63) is 52.4 Å². The summed E-state index contributed by atoms with van der Waals surface area (Å²) in [6, 6.07) is 6.98. The molecule has 0 bridgehead atoms. The lowest BCUT2D eigenvalue weighted by Crippen LogP contribution is -2.35. The van der Waals surface area contributed by atoms with Crippen LogP contribution in [0.1, 0.15) is 34.3 Å². The van der Waals surface area contributed by atoms with Crippen LogP contribution in [0.3, 0.4) is 0 Å². The lowest BCUT2D eigenvalue weighted by Gasteiger charge is -2.23. The Morgan fingerprint density at radius 1 is 1.22 bits per heavy atom. The first-order chi connectivity index (χ1) is 12.8. The Bertz CT molecular complexity index is 846. The van der Waals surface area contributed by atoms with Gasteiger partial charge in [0.25, 0.3) is 5.91 Å². The van der Waals surface area contributed by atoms with Crippen molar-refractivity contribution in [2.24, 2.45) is 5.73 Å². The monoisotopic (exact) mass is 397 g/mol. The summed E-state index contributed by atoms with van der Waals surface area (Å²) in [6.45, 7) is -0.0339. The maximum Gasteiger partial charge on any atom is 0.416 e. The summed E-state index contributed by atoms with van der Waals surface area (Å²) in [5.41, 5.74) is 4.92. The van der Waals surface area contributed by atoms with Crippen LogP contribution in [0.4, 0.5) is 18.2 Å². The standard InChI is InChI=1S/C18H18F3N3O2S/c19-18(20,21)14-4-2-1-3-11(14)9-24(12-5-6-12)10-15(25)23-17-13(16(22)26)7-8-27-17/h1-4,7-8,12H,5-6,9-10H2,(H2,22,26)(H,23,25). The first-order valence-corrected chi connectivity index (χ1v) is 9.20. The molecule has 144 valence electrons. The van der Waals surface area contributed by atoms with E-state index in [1.165, 1.54) is 29.5 Å². The first-order valence-electron chi connectivity index (χ1n) is 8.32. The molecule has 3 rings (SSSR count). The highest BCUT2D eigenvalue weighted by Crippen LogP contribution is 2.34. The second-order valence-electron chi connectivity index (χ2n) is 6.37. The molecule has 3 N–H and O–H groups in total. The fraction of sp³-hybridized carbons (Fsp3) is 0.333. The number of carbonyl (C=O) groups is 2. The zero-order chi connectivity index (χ0) is 19.6. The number of hydrogen-bond acceptors (Lipinski definition) is 4. The Balaban J connectivity index is 1.71. The van der Waals surface area contributed by atoms with E-state index in [1.807, 2.05) is 0 Å². The van der Waals surface area contributed by atoms with Gasteiger partial charge in [-0.2, -0.15) is 13.2 Å². The van der Waals surface area contributed by atoms with Crippen LogP contribution in [0, 0.1) is 0 Å². The van der Waals surface area contributed by atoms with E-state index in [9.17, 15) is 22.8 Å². The summed E-state index contributed by atoms with van der Waals surface area (Å²) in [7, 11) is 0. The number of nitrogens with one attached hydrogen (secondary N) is 1. The molecule has 9 heteroatoms. The molecule has 1 saturated carbocycles. The van der Waals surface area contributed by atoms with Gasteiger partial charge in [-0.3, -0.25) is 14.5 Å². The fourth-order valence-corrected chi connectivity index (χ4v) is 3.67. The molecule has 1 aliphatic carbocycles. The van der Waals surface area contributed by atoms with Crippen molar-refractivity contribution < 1.29 is 22.8 Å². The molecule has 0 aliphatic heterocycles. The summed E-state index contributed by atoms with van der Waals surface area (Å²) >= 11 is 1.17. The molecule has 0 atom stereocenters. The minimum atomic E-state index is -4.44. The van der Waals surface area contributed by atoms with E-state index in [0.29, 0.717) is 5.00 Å². The van der Waals surface area contributed by atoms with Gasteiger partial charge in [-0.1, -0.05) is 18.2 Å². The summed E-state index contributed by atoms with van der Waals surface area (Å²) in [4.78, 5) is 25.5. The predicted molar refractivity (Wildman–Crippen MR) is 96.3 cm³/mol. The van der Waals surface area contributed by atoms with Crippen LogP contribution < -0.4 is 11.1 Å². The van der Waals surface area contributed by atoms with Crippen LogP contribution in [0.15, 0.2) is 35.7 Å². The Morgan fingerprint density at radius 3 is 2.56 bits per heavy atom. The third-order valence-corrected chi connectivity index (χ3v) is 5.12. The highest BCUT2D eigenvalue weighted by Gasteiger charge is 2.36. The number of rotatable bonds is 7. The smallest absolute Gasteiger partial charge is 0.366 e. The predicted octanol–water partition coefficient (Wildman–Crippen LogP) is 3.47. The SMILES string of the molecule is NC(=O)c1ccsc1NC(=O)CN(Cc1ccccc1C(F)(F)F)C1CC1. The van der Waals surface area contributed by atoms with E-state index in [2.05, 4.69) is 5.32 Å². The van der Waals surface area contributed by atoms with Gasteiger partial charge in [-0.25, -0.2) is 0 Å². The van der Waals surface area contributed by atoms with Gasteiger partial charge in [0.1, 0.15) is 5.00 Å². The van der Waals surface area contributed by atoms with Crippen molar-refractivity contribution in [3.63, 3.8) is 0 Å². The molecule has 1 aromatic heterocycles. The zero-order valence-corrected chi connectivity index (χ0v) is 15.1. The van der Waals surface area contributed by atoms with Gasteiger partial charge in [-0.05, 0) is 35.9 Å². The summed E-state index contributed by atoms with van der Waals surface area (Å²) in [6.07, 6.45) is -2.76. The lowest BCUT2D eigenvalue weighted by atomic mass is 10.1. The van der Waals surface area contributed by atoms with Gasteiger partial charge < -0.3 is 11.1 Å². The number of carbonyl (C=O) groups excluding carboxylic acids is 2. The highest BCUT2D eigenvalue weighted by molar-refractivity contribution is 7.14. The van der Waals surface area contributed by atoms with Crippen molar-refractivity contribution in [1.82, 2.24) is 4.90 Å². The molecule has 0 saturated heterocycles. The van der Waals surface area contributed by atoms with Gasteiger partial charge >= 0.3 is 6.18 Å². The summed E-state index contributed by atoms with van der Waals surface area (Å²) in [5.74, 6) is -1.04. The zero-order valence-electron chi connectivity index (χ0n) is 14.3. The molecule has 1 heterocycles. The van der Waals surface area contributed by atoms with Crippen molar-refractivity contribution in [2.75, 3.05) is 11.9 Å². The Kier molecular flexibility index (Phi) is 5.52. The number of benzene rings is 1. The number of primary amides is 1. The van der Waals surface area contributed by atoms with Crippen LogP contribution in [-0.2, 0) is 17.5 Å². The Hall–Kier alpha value is -2.39. The number of thiophene rings is 1. The minimum Gasteiger partial charge on any atom is -0.366 e. The van der Waals surface area contributed by atoms with Gasteiger partial charge in [-0.15, -0.1) is 11.3 Å². The molecule has 2 aromatic rings. The molecule has 5 nitrogen and oxygen atoms in total. The molecule has 0 spiro atoms. The van der Waals surface area contributed by atoms with Crippen molar-refractivity contribution in [1.29, 1.82) is 0 Å². The molecule has 0 radical (unpaired) electrons. The number of nitrogens with zero attached hydrogens (tertiary/aromatic N) is 1. The van der Waals surface area contributed by atoms with E-state index in [0.717, 1.165) is 18.9 Å². The van der Waals surface area contributed by atoms with Crippen LogP contribution in [0.2, 0.25) is 0 Å². The molecular formula is C18H18F3N3O2S. The molecule has 1 aromatic carbocycles. The maximum atomic E-state index is 13.2. The van der Waals surface area contributed by atoms with Crippen LogP contribution >= 0.6 is 11.3 Å². The largest absolute Gasteiger partial charge is 0.416 e. The Labute approximate surface area is 158 Å². The quantitative estimate of drug-likeness (QED) is 0.751. The maximum absolute atomic E-state index is 13.2. The van der Waals surface area contributed by atoms with Crippen molar-refractivity contribution in [2.45, 2.75) is 31.6 Å². The molecule has 1 aliphatic rings. The van der Waals surface area contributed by atoms with Crippen molar-refractivity contribution >= 4 is 28.2 Å². The number of alkyl halides is 3. The van der Waals surface area contributed by atoms with Gasteiger partial charge in [0.2, 0.25) is 5.91 Å². The fourth-order valence-electron chi connectivity index (χ4n) is 2.86. The van der Waals surface area contributed by atoms with Crippen LogP contribution in [0.25, 0.3) is 0 Å². The number of amides is 2. The second kappa shape index (κ2) is 7.69. The van der Waals surface area contributed by atoms with Gasteiger partial charge in [0.05, 0.1) is 17.7 Å². The number of halogens is 3. The van der Waals surface area contributed by atoms with Crippen molar-refractivity contribution in [3.8, 4) is 0 Å². The van der Waals surface area contributed by atoms with Crippen LogP contribution in [-0.4, -0.2) is 29.3 Å². The Morgan fingerprint density at radius 2 is 1.93 bits per heavy atom. The van der Waals surface area contributed by atoms with E-state index in [1.54, 1.807) is 16.3 Å². The third-order valence-electron chi connectivity index (χ3n) is 4.29. The molecule has 1 fully saturated rings. The topological polar surface area (TPSA) is 75.4 Å². The molecule has 2 amide bonds. The summed E-state index contributed by atoms with van der Waals surface area (Å²) < 4.78 is 39.6. The normalized spacial score (nSPS) is 14.4. The number of anilines is 1. The average molecular weight is 397 g/mol. The number of nitrogens with two attached hydrogens (primary N) is 1.